The van der Waals surface area contributed by atoms with E-state index >= 15 is 0 Å². The van der Waals surface area contributed by atoms with Gasteiger partial charge in [0.2, 0.25) is 0 Å². The smallest absolute Gasteiger partial charge is 0.0337 e. The van der Waals surface area contributed by atoms with E-state index in [-0.39, 0.29) is 0 Å². The van der Waals surface area contributed by atoms with E-state index in [9.17, 15) is 0 Å². The van der Waals surface area contributed by atoms with Crippen LogP contribution in [0.3, 0.4) is 0 Å². The van der Waals surface area contributed by atoms with Crippen molar-refractivity contribution in [3.8, 4) is 0 Å². The Hall–Kier alpha value is -0.0800. The highest BCUT2D eigenvalue weighted by Crippen LogP contribution is 2.40. The molecule has 2 nitrogen and oxygen atoms in total. The largest absolute Gasteiger partial charge is 0.311 e. The molecule has 2 saturated carbocycles. The summed E-state index contributed by atoms with van der Waals surface area (Å²) < 4.78 is 0. The molecule has 0 aromatic carbocycles. The summed E-state index contributed by atoms with van der Waals surface area (Å²) in [6.45, 7) is 4.93. The molecular formula is C18H34N2. The molecule has 1 atom stereocenters. The Labute approximate surface area is 125 Å². The molecule has 3 aliphatic rings. The van der Waals surface area contributed by atoms with Gasteiger partial charge in [0.15, 0.2) is 0 Å². The van der Waals surface area contributed by atoms with Crippen molar-refractivity contribution >= 4 is 0 Å². The van der Waals surface area contributed by atoms with Crippen LogP contribution in [0.2, 0.25) is 0 Å². The van der Waals surface area contributed by atoms with Gasteiger partial charge in [0, 0.05) is 30.7 Å². The van der Waals surface area contributed by atoms with E-state index in [0.717, 1.165) is 12.1 Å². The Kier molecular flexibility index (Phi) is 5.04. The lowest BCUT2D eigenvalue weighted by Gasteiger charge is -2.52. The second-order valence-corrected chi connectivity index (χ2v) is 7.60. The third kappa shape index (κ3) is 3.06. The van der Waals surface area contributed by atoms with Crippen molar-refractivity contribution in [2.75, 3.05) is 13.1 Å². The third-order valence-corrected chi connectivity index (χ3v) is 6.18. The standard InChI is InChI=1S/C18H34N2/c1-2-9-16-14-20(17-10-5-3-4-6-11-17)18(15-19-16)12-7-8-13-18/h16-17,19H,2-15H2,1H3. The van der Waals surface area contributed by atoms with Crippen molar-refractivity contribution in [1.82, 2.24) is 10.2 Å². The minimum atomic E-state index is 0.541. The zero-order chi connectivity index (χ0) is 13.8. The fourth-order valence-electron chi connectivity index (χ4n) is 5.08. The Morgan fingerprint density at radius 1 is 1.00 bits per heavy atom. The molecule has 0 aromatic rings. The molecule has 0 aromatic heterocycles. The first-order valence-electron chi connectivity index (χ1n) is 9.34. The third-order valence-electron chi connectivity index (χ3n) is 6.18. The van der Waals surface area contributed by atoms with Crippen molar-refractivity contribution < 1.29 is 0 Å². The molecule has 0 amide bonds. The summed E-state index contributed by atoms with van der Waals surface area (Å²) in [4.78, 5) is 3.02. The monoisotopic (exact) mass is 278 g/mol. The topological polar surface area (TPSA) is 15.3 Å². The van der Waals surface area contributed by atoms with Gasteiger partial charge in [-0.15, -0.1) is 0 Å². The molecular weight excluding hydrogens is 244 g/mol. The van der Waals surface area contributed by atoms with Crippen molar-refractivity contribution in [3.05, 3.63) is 0 Å². The second kappa shape index (κ2) is 6.79. The predicted octanol–water partition coefficient (Wildman–Crippen LogP) is 4.10. The van der Waals surface area contributed by atoms with Gasteiger partial charge in [0.05, 0.1) is 0 Å². The van der Waals surface area contributed by atoms with Gasteiger partial charge in [-0.3, -0.25) is 4.90 Å². The molecule has 1 spiro atoms. The van der Waals surface area contributed by atoms with Crippen LogP contribution in [0.15, 0.2) is 0 Å². The number of hydrogen-bond acceptors (Lipinski definition) is 2. The maximum absolute atomic E-state index is 3.90. The van der Waals surface area contributed by atoms with Crippen LogP contribution in [-0.4, -0.2) is 35.6 Å². The van der Waals surface area contributed by atoms with Crippen molar-refractivity contribution in [1.29, 1.82) is 0 Å². The summed E-state index contributed by atoms with van der Waals surface area (Å²) >= 11 is 0. The van der Waals surface area contributed by atoms with E-state index in [1.165, 1.54) is 90.1 Å². The van der Waals surface area contributed by atoms with Gasteiger partial charge in [-0.05, 0) is 32.1 Å². The van der Waals surface area contributed by atoms with E-state index in [4.69, 9.17) is 0 Å². The summed E-state index contributed by atoms with van der Waals surface area (Å²) in [5.74, 6) is 0. The van der Waals surface area contributed by atoms with Gasteiger partial charge in [-0.25, -0.2) is 0 Å². The van der Waals surface area contributed by atoms with Gasteiger partial charge in [0.25, 0.3) is 0 Å². The highest BCUT2D eigenvalue weighted by atomic mass is 15.3. The highest BCUT2D eigenvalue weighted by Gasteiger charge is 2.45. The summed E-state index contributed by atoms with van der Waals surface area (Å²) in [6.07, 6.45) is 17.4. The Morgan fingerprint density at radius 2 is 1.70 bits per heavy atom. The number of rotatable bonds is 3. The minimum absolute atomic E-state index is 0.541. The van der Waals surface area contributed by atoms with Crippen LogP contribution in [0.5, 0.6) is 0 Å². The quantitative estimate of drug-likeness (QED) is 0.782. The zero-order valence-electron chi connectivity index (χ0n) is 13.5. The number of hydrogen-bond donors (Lipinski definition) is 1. The first-order chi connectivity index (χ1) is 9.84. The summed E-state index contributed by atoms with van der Waals surface area (Å²) in [6, 6.07) is 1.66. The van der Waals surface area contributed by atoms with Crippen LogP contribution in [0.25, 0.3) is 0 Å². The normalized spacial score (nSPS) is 32.5. The molecule has 116 valence electrons. The second-order valence-electron chi connectivity index (χ2n) is 7.60. The van der Waals surface area contributed by atoms with Gasteiger partial charge in [-0.2, -0.15) is 0 Å². The molecule has 1 unspecified atom stereocenters. The van der Waals surface area contributed by atoms with Crippen LogP contribution in [0.1, 0.15) is 84.0 Å². The van der Waals surface area contributed by atoms with E-state index in [1.807, 2.05) is 0 Å². The van der Waals surface area contributed by atoms with Crippen LogP contribution >= 0.6 is 0 Å². The lowest BCUT2D eigenvalue weighted by atomic mass is 9.87. The molecule has 20 heavy (non-hydrogen) atoms. The zero-order valence-corrected chi connectivity index (χ0v) is 13.5. The van der Waals surface area contributed by atoms with Crippen LogP contribution in [-0.2, 0) is 0 Å². The Morgan fingerprint density at radius 3 is 2.35 bits per heavy atom. The summed E-state index contributed by atoms with van der Waals surface area (Å²) in [7, 11) is 0. The average molecular weight is 278 g/mol. The number of piperazine rings is 1. The summed E-state index contributed by atoms with van der Waals surface area (Å²) in [5.41, 5.74) is 0.541. The lowest BCUT2D eigenvalue weighted by Crippen LogP contribution is -2.66. The Balaban J connectivity index is 1.73. The van der Waals surface area contributed by atoms with Gasteiger partial charge < -0.3 is 5.32 Å². The molecule has 0 bridgehead atoms. The molecule has 2 aliphatic carbocycles. The van der Waals surface area contributed by atoms with Crippen molar-refractivity contribution in [2.45, 2.75) is 102 Å². The fourth-order valence-corrected chi connectivity index (χ4v) is 5.08. The predicted molar refractivity (Wildman–Crippen MR) is 86.1 cm³/mol. The van der Waals surface area contributed by atoms with Gasteiger partial charge in [0.1, 0.15) is 0 Å². The first kappa shape index (κ1) is 14.8. The van der Waals surface area contributed by atoms with E-state index in [0.29, 0.717) is 5.54 Å². The van der Waals surface area contributed by atoms with E-state index < -0.39 is 0 Å². The van der Waals surface area contributed by atoms with Crippen molar-refractivity contribution in [2.24, 2.45) is 0 Å². The Bertz CT molecular complexity index is 288. The summed E-state index contributed by atoms with van der Waals surface area (Å²) in [5, 5.41) is 3.90. The number of nitrogens with one attached hydrogen (secondary N) is 1. The molecule has 1 heterocycles. The highest BCUT2D eigenvalue weighted by molar-refractivity contribution is 5.04. The van der Waals surface area contributed by atoms with Gasteiger partial charge in [-0.1, -0.05) is 51.9 Å². The van der Waals surface area contributed by atoms with Crippen LogP contribution in [0, 0.1) is 0 Å². The molecule has 1 aliphatic heterocycles. The molecule has 2 heteroatoms. The maximum Gasteiger partial charge on any atom is 0.0337 e. The SMILES string of the molecule is CCCC1CN(C2CCCCCC2)C2(CCCC2)CN1. The lowest BCUT2D eigenvalue weighted by molar-refractivity contribution is -0.00194. The minimum Gasteiger partial charge on any atom is -0.311 e. The van der Waals surface area contributed by atoms with E-state index in [2.05, 4.69) is 17.1 Å². The molecule has 3 fully saturated rings. The average Bonchev–Trinajstić information content (AvgIpc) is 2.76. The number of nitrogens with zero attached hydrogens (tertiary/aromatic N) is 1. The maximum atomic E-state index is 3.90. The fraction of sp³-hybridized carbons (Fsp3) is 1.00. The van der Waals surface area contributed by atoms with Crippen molar-refractivity contribution in [3.63, 3.8) is 0 Å². The molecule has 3 rings (SSSR count). The molecule has 1 N–H and O–H groups in total. The van der Waals surface area contributed by atoms with Crippen LogP contribution in [0.4, 0.5) is 0 Å². The molecule has 0 radical (unpaired) electrons. The van der Waals surface area contributed by atoms with E-state index in [1.54, 1.807) is 0 Å². The van der Waals surface area contributed by atoms with Crippen LogP contribution < -0.4 is 5.32 Å². The molecule has 1 saturated heterocycles. The first-order valence-corrected chi connectivity index (χ1v) is 9.34. The van der Waals surface area contributed by atoms with Gasteiger partial charge >= 0.3 is 0 Å².